The van der Waals surface area contributed by atoms with Crippen molar-refractivity contribution in [3.8, 4) is 0 Å². The summed E-state index contributed by atoms with van der Waals surface area (Å²) in [6, 6.07) is 15.0. The predicted octanol–water partition coefficient (Wildman–Crippen LogP) is 3.76. The molecule has 3 aromatic rings. The maximum absolute atomic E-state index is 12.4. The zero-order valence-corrected chi connectivity index (χ0v) is 17.7. The van der Waals surface area contributed by atoms with Crippen LogP contribution < -0.4 is 15.6 Å². The van der Waals surface area contributed by atoms with Crippen LogP contribution in [0.5, 0.6) is 0 Å². The molecule has 4 rings (SSSR count). The number of benzene rings is 2. The zero-order chi connectivity index (χ0) is 21.1. The van der Waals surface area contributed by atoms with Gasteiger partial charge in [0, 0.05) is 18.7 Å². The SMILES string of the molecule is C/C(=N/NC(=O)[C@@H](C)Nc1nc2ccccc2s1)c1ccc(N2CCCC2=O)cc1. The van der Waals surface area contributed by atoms with E-state index in [1.165, 1.54) is 11.3 Å². The number of amides is 2. The third-order valence-electron chi connectivity index (χ3n) is 5.03. The molecule has 2 N–H and O–H groups in total. The smallest absolute Gasteiger partial charge is 0.262 e. The van der Waals surface area contributed by atoms with Gasteiger partial charge >= 0.3 is 0 Å². The van der Waals surface area contributed by atoms with E-state index >= 15 is 0 Å². The van der Waals surface area contributed by atoms with Crippen molar-refractivity contribution in [2.75, 3.05) is 16.8 Å². The molecule has 0 bridgehead atoms. The third kappa shape index (κ3) is 4.33. The molecule has 1 aromatic heterocycles. The lowest BCUT2D eigenvalue weighted by atomic mass is 10.1. The van der Waals surface area contributed by atoms with Crippen molar-refractivity contribution in [1.29, 1.82) is 0 Å². The van der Waals surface area contributed by atoms with Crippen LogP contribution in [0.1, 0.15) is 32.3 Å². The number of nitrogens with one attached hydrogen (secondary N) is 2. The molecule has 1 aliphatic heterocycles. The number of carbonyl (C=O) groups excluding carboxylic acids is 2. The number of hydrogen-bond acceptors (Lipinski definition) is 6. The number of fused-ring (bicyclic) bond motifs is 1. The van der Waals surface area contributed by atoms with Gasteiger partial charge in [-0.2, -0.15) is 5.10 Å². The second-order valence-corrected chi connectivity index (χ2v) is 8.25. The van der Waals surface area contributed by atoms with Crippen molar-refractivity contribution in [3.63, 3.8) is 0 Å². The van der Waals surface area contributed by atoms with Gasteiger partial charge in [-0.25, -0.2) is 10.4 Å². The van der Waals surface area contributed by atoms with Crippen LogP contribution in [0.15, 0.2) is 53.6 Å². The topological polar surface area (TPSA) is 86.7 Å². The van der Waals surface area contributed by atoms with Gasteiger partial charge in [0.05, 0.1) is 15.9 Å². The molecule has 8 heteroatoms. The highest BCUT2D eigenvalue weighted by Gasteiger charge is 2.21. The predicted molar refractivity (Wildman–Crippen MR) is 121 cm³/mol. The minimum absolute atomic E-state index is 0.162. The number of thiazole rings is 1. The first kappa shape index (κ1) is 20.0. The van der Waals surface area contributed by atoms with Crippen LogP contribution in [-0.2, 0) is 9.59 Å². The monoisotopic (exact) mass is 421 g/mol. The Hall–Kier alpha value is -3.26. The van der Waals surface area contributed by atoms with Crippen molar-refractivity contribution in [2.24, 2.45) is 5.10 Å². The van der Waals surface area contributed by atoms with E-state index in [1.807, 2.05) is 55.5 Å². The van der Waals surface area contributed by atoms with Crippen LogP contribution in [0, 0.1) is 0 Å². The van der Waals surface area contributed by atoms with E-state index < -0.39 is 6.04 Å². The second kappa shape index (κ2) is 8.62. The Bertz CT molecular complexity index is 1070. The van der Waals surface area contributed by atoms with E-state index in [0.29, 0.717) is 17.3 Å². The van der Waals surface area contributed by atoms with Gasteiger partial charge < -0.3 is 10.2 Å². The van der Waals surface area contributed by atoms with Gasteiger partial charge in [-0.3, -0.25) is 9.59 Å². The molecular formula is C22H23N5O2S. The first-order chi connectivity index (χ1) is 14.5. The molecule has 1 fully saturated rings. The summed E-state index contributed by atoms with van der Waals surface area (Å²) in [5, 5.41) is 8.05. The third-order valence-corrected chi connectivity index (χ3v) is 6.00. The molecule has 0 aliphatic carbocycles. The van der Waals surface area contributed by atoms with Gasteiger partial charge in [-0.05, 0) is 50.1 Å². The highest BCUT2D eigenvalue weighted by molar-refractivity contribution is 7.22. The molecule has 0 radical (unpaired) electrons. The maximum Gasteiger partial charge on any atom is 0.262 e. The Labute approximate surface area is 178 Å². The van der Waals surface area contributed by atoms with Gasteiger partial charge in [-0.15, -0.1) is 0 Å². The molecule has 2 aromatic carbocycles. The number of hydrazone groups is 1. The fourth-order valence-electron chi connectivity index (χ4n) is 3.29. The largest absolute Gasteiger partial charge is 0.350 e. The minimum atomic E-state index is -0.481. The summed E-state index contributed by atoms with van der Waals surface area (Å²) in [5.74, 6) is -0.0806. The molecule has 1 aliphatic rings. The summed E-state index contributed by atoms with van der Waals surface area (Å²) >= 11 is 1.51. The van der Waals surface area contributed by atoms with Crippen molar-refractivity contribution in [3.05, 3.63) is 54.1 Å². The van der Waals surface area contributed by atoms with Gasteiger partial charge in [-0.1, -0.05) is 35.6 Å². The minimum Gasteiger partial charge on any atom is -0.350 e. The number of para-hydroxylation sites is 1. The summed E-state index contributed by atoms with van der Waals surface area (Å²) in [5.41, 5.74) is 5.99. The van der Waals surface area contributed by atoms with Crippen molar-refractivity contribution < 1.29 is 9.59 Å². The molecular weight excluding hydrogens is 398 g/mol. The fraction of sp³-hybridized carbons (Fsp3) is 0.273. The van der Waals surface area contributed by atoms with E-state index in [-0.39, 0.29) is 11.8 Å². The Morgan fingerprint density at radius 1 is 1.20 bits per heavy atom. The Kier molecular flexibility index (Phi) is 5.76. The molecule has 154 valence electrons. The Morgan fingerprint density at radius 3 is 2.67 bits per heavy atom. The lowest BCUT2D eigenvalue weighted by Gasteiger charge is -2.16. The molecule has 0 spiro atoms. The molecule has 30 heavy (non-hydrogen) atoms. The molecule has 2 heterocycles. The van der Waals surface area contributed by atoms with Crippen molar-refractivity contribution >= 4 is 49.9 Å². The van der Waals surface area contributed by atoms with Gasteiger partial charge in [0.1, 0.15) is 6.04 Å². The molecule has 0 saturated carbocycles. The van der Waals surface area contributed by atoms with Crippen molar-refractivity contribution in [2.45, 2.75) is 32.7 Å². The second-order valence-electron chi connectivity index (χ2n) is 7.22. The van der Waals surface area contributed by atoms with E-state index in [1.54, 1.807) is 11.8 Å². The number of nitrogens with zero attached hydrogens (tertiary/aromatic N) is 3. The average Bonchev–Trinajstić information content (AvgIpc) is 3.37. The Morgan fingerprint density at radius 2 is 1.97 bits per heavy atom. The van der Waals surface area contributed by atoms with Crippen LogP contribution in [-0.4, -0.2) is 35.1 Å². The summed E-state index contributed by atoms with van der Waals surface area (Å²) in [7, 11) is 0. The van der Waals surface area contributed by atoms with E-state index in [4.69, 9.17) is 0 Å². The number of carbonyl (C=O) groups is 2. The van der Waals surface area contributed by atoms with E-state index in [0.717, 1.165) is 34.4 Å². The quantitative estimate of drug-likeness (QED) is 0.469. The molecule has 1 atom stereocenters. The maximum atomic E-state index is 12.4. The highest BCUT2D eigenvalue weighted by Crippen LogP contribution is 2.26. The summed E-state index contributed by atoms with van der Waals surface area (Å²) < 4.78 is 1.07. The van der Waals surface area contributed by atoms with Gasteiger partial charge in [0.15, 0.2) is 5.13 Å². The number of anilines is 2. The summed E-state index contributed by atoms with van der Waals surface area (Å²) in [6.45, 7) is 4.37. The molecule has 7 nitrogen and oxygen atoms in total. The standard InChI is InChI=1S/C22H23N5O2S/c1-14(16-9-11-17(12-10-16)27-13-5-8-20(27)28)25-26-21(29)15(2)23-22-24-18-6-3-4-7-19(18)30-22/h3-4,6-7,9-12,15H,5,8,13H2,1-2H3,(H,23,24)(H,26,29)/b25-14-/t15-/m1/s1. The van der Waals surface area contributed by atoms with Crippen LogP contribution in [0.4, 0.5) is 10.8 Å². The summed E-state index contributed by atoms with van der Waals surface area (Å²) in [6.07, 6.45) is 1.51. The lowest BCUT2D eigenvalue weighted by Crippen LogP contribution is -2.35. The zero-order valence-electron chi connectivity index (χ0n) is 16.9. The highest BCUT2D eigenvalue weighted by atomic mass is 32.1. The number of aromatic nitrogens is 1. The first-order valence-electron chi connectivity index (χ1n) is 9.88. The fourth-order valence-corrected chi connectivity index (χ4v) is 4.24. The molecule has 2 amide bonds. The van der Waals surface area contributed by atoms with Gasteiger partial charge in [0.2, 0.25) is 5.91 Å². The van der Waals surface area contributed by atoms with Crippen LogP contribution in [0.3, 0.4) is 0 Å². The van der Waals surface area contributed by atoms with Crippen LogP contribution in [0.25, 0.3) is 10.2 Å². The average molecular weight is 422 g/mol. The van der Waals surface area contributed by atoms with E-state index in [2.05, 4.69) is 20.8 Å². The van der Waals surface area contributed by atoms with Crippen LogP contribution in [0.2, 0.25) is 0 Å². The van der Waals surface area contributed by atoms with Crippen LogP contribution >= 0.6 is 11.3 Å². The lowest BCUT2D eigenvalue weighted by molar-refractivity contribution is -0.121. The van der Waals surface area contributed by atoms with Gasteiger partial charge in [0.25, 0.3) is 5.91 Å². The Balaban J connectivity index is 1.36. The molecule has 0 unspecified atom stereocenters. The van der Waals surface area contributed by atoms with Crippen molar-refractivity contribution in [1.82, 2.24) is 10.4 Å². The first-order valence-corrected chi connectivity index (χ1v) is 10.7. The van der Waals surface area contributed by atoms with E-state index in [9.17, 15) is 9.59 Å². The number of rotatable bonds is 6. The number of hydrogen-bond donors (Lipinski definition) is 2. The normalized spacial score (nSPS) is 15.5. The molecule has 1 saturated heterocycles. The summed E-state index contributed by atoms with van der Waals surface area (Å²) in [4.78, 5) is 30.6.